The van der Waals surface area contributed by atoms with Crippen LogP contribution in [0.25, 0.3) is 0 Å². The molecule has 0 saturated heterocycles. The highest BCUT2D eigenvalue weighted by Gasteiger charge is 2.44. The molecule has 1 rings (SSSR count). The molecule has 3 nitrogen and oxygen atoms in total. The van der Waals surface area contributed by atoms with Gasteiger partial charge in [-0.15, -0.1) is 0 Å². The number of nitrogens with one attached hydrogen (secondary N) is 1. The topological polar surface area (TPSA) is 46.2 Å². The molecule has 0 aliphatic carbocycles. The van der Waals surface area contributed by atoms with Crippen LogP contribution in [0.3, 0.4) is 0 Å². The first-order valence-electron chi connectivity index (χ1n) is 4.61. The molecule has 5 heteroatoms. The Labute approximate surface area is 91.5 Å². The highest BCUT2D eigenvalue weighted by molar-refractivity contribution is 6.12. The molecule has 0 radical (unpaired) electrons. The van der Waals surface area contributed by atoms with E-state index < -0.39 is 17.6 Å². The van der Waals surface area contributed by atoms with Crippen LogP contribution in [0.5, 0.6) is 0 Å². The lowest BCUT2D eigenvalue weighted by Crippen LogP contribution is -2.40. The van der Waals surface area contributed by atoms with Crippen LogP contribution in [0.15, 0.2) is 24.3 Å². The van der Waals surface area contributed by atoms with Gasteiger partial charge in [-0.3, -0.25) is 9.59 Å². The molecule has 1 amide bonds. The minimum absolute atomic E-state index is 0.272. The summed E-state index contributed by atoms with van der Waals surface area (Å²) < 4.78 is 26.0. The molecule has 0 saturated carbocycles. The quantitative estimate of drug-likeness (QED) is 0.804. The van der Waals surface area contributed by atoms with Gasteiger partial charge in [0.1, 0.15) is 0 Å². The Kier molecular flexibility index (Phi) is 3.37. The maximum atomic E-state index is 13.0. The van der Waals surface area contributed by atoms with Crippen molar-refractivity contribution in [2.24, 2.45) is 0 Å². The molecule has 16 heavy (non-hydrogen) atoms. The van der Waals surface area contributed by atoms with Gasteiger partial charge in [-0.2, -0.15) is 8.78 Å². The number of carbonyl (C=O) groups excluding carboxylic acids is 2. The lowest BCUT2D eigenvalue weighted by atomic mass is 10.1. The van der Waals surface area contributed by atoms with Crippen molar-refractivity contribution < 1.29 is 18.4 Å². The van der Waals surface area contributed by atoms with Crippen molar-refractivity contribution in [1.29, 1.82) is 0 Å². The number of aryl methyl sites for hydroxylation is 1. The van der Waals surface area contributed by atoms with Gasteiger partial charge in [0, 0.05) is 12.6 Å². The summed E-state index contributed by atoms with van der Waals surface area (Å²) in [6, 6.07) is 6.48. The predicted octanol–water partition coefficient (Wildman–Crippen LogP) is 2.16. The SMILES string of the molecule is CC(=O)C(F)(F)C(=O)Nc1ccccc1C. The Morgan fingerprint density at radius 1 is 1.25 bits per heavy atom. The Hall–Kier alpha value is -1.78. The highest BCUT2D eigenvalue weighted by Crippen LogP contribution is 2.20. The molecule has 0 aromatic heterocycles. The molecular formula is C11H11F2NO2. The average molecular weight is 227 g/mol. The number of rotatable bonds is 3. The van der Waals surface area contributed by atoms with E-state index in [2.05, 4.69) is 0 Å². The zero-order valence-corrected chi connectivity index (χ0v) is 8.88. The van der Waals surface area contributed by atoms with Crippen molar-refractivity contribution in [3.63, 3.8) is 0 Å². The molecule has 0 aliphatic heterocycles. The summed E-state index contributed by atoms with van der Waals surface area (Å²) in [5.41, 5.74) is 0.920. The van der Waals surface area contributed by atoms with Crippen LogP contribution in [0.1, 0.15) is 12.5 Å². The van der Waals surface area contributed by atoms with Gasteiger partial charge >= 0.3 is 11.8 Å². The number of ketones is 1. The molecule has 0 heterocycles. The number of para-hydroxylation sites is 1. The number of benzene rings is 1. The van der Waals surface area contributed by atoms with Gasteiger partial charge in [-0.1, -0.05) is 18.2 Å². The number of halogens is 2. The van der Waals surface area contributed by atoms with Crippen molar-refractivity contribution in [3.8, 4) is 0 Å². The van der Waals surface area contributed by atoms with E-state index in [0.29, 0.717) is 12.5 Å². The van der Waals surface area contributed by atoms with Crippen LogP contribution in [0.4, 0.5) is 14.5 Å². The van der Waals surface area contributed by atoms with Gasteiger partial charge in [-0.25, -0.2) is 0 Å². The van der Waals surface area contributed by atoms with E-state index in [1.165, 1.54) is 6.07 Å². The van der Waals surface area contributed by atoms with Crippen molar-refractivity contribution >= 4 is 17.4 Å². The number of amides is 1. The van der Waals surface area contributed by atoms with Gasteiger partial charge in [0.15, 0.2) is 0 Å². The van der Waals surface area contributed by atoms with E-state index in [1.807, 2.05) is 5.32 Å². The summed E-state index contributed by atoms with van der Waals surface area (Å²) in [7, 11) is 0. The normalized spacial score (nSPS) is 11.0. The summed E-state index contributed by atoms with van der Waals surface area (Å²) in [5.74, 6) is -7.06. The zero-order valence-electron chi connectivity index (χ0n) is 8.88. The van der Waals surface area contributed by atoms with Crippen molar-refractivity contribution in [1.82, 2.24) is 0 Å². The first kappa shape index (κ1) is 12.3. The van der Waals surface area contributed by atoms with E-state index >= 15 is 0 Å². The van der Waals surface area contributed by atoms with Crippen molar-refractivity contribution in [2.45, 2.75) is 19.8 Å². The van der Waals surface area contributed by atoms with Gasteiger partial charge in [-0.05, 0) is 18.6 Å². The van der Waals surface area contributed by atoms with Crippen LogP contribution in [-0.2, 0) is 9.59 Å². The lowest BCUT2D eigenvalue weighted by molar-refractivity contribution is -0.153. The van der Waals surface area contributed by atoms with E-state index in [4.69, 9.17) is 0 Å². The minimum Gasteiger partial charge on any atom is -0.320 e. The molecule has 86 valence electrons. The number of carbonyl (C=O) groups is 2. The van der Waals surface area contributed by atoms with Crippen LogP contribution in [0.2, 0.25) is 0 Å². The predicted molar refractivity (Wildman–Crippen MR) is 55.4 cm³/mol. The third-order valence-corrected chi connectivity index (χ3v) is 2.12. The summed E-state index contributed by atoms with van der Waals surface area (Å²) in [4.78, 5) is 21.7. The average Bonchev–Trinajstić information content (AvgIpc) is 2.21. The van der Waals surface area contributed by atoms with Gasteiger partial charge in [0.05, 0.1) is 0 Å². The van der Waals surface area contributed by atoms with Crippen LogP contribution in [-0.4, -0.2) is 17.6 Å². The maximum Gasteiger partial charge on any atom is 0.381 e. The minimum atomic E-state index is -3.98. The Morgan fingerprint density at radius 2 is 1.81 bits per heavy atom. The lowest BCUT2D eigenvalue weighted by Gasteiger charge is -2.13. The second-order valence-corrected chi connectivity index (χ2v) is 3.40. The summed E-state index contributed by atoms with van der Waals surface area (Å²) in [6.45, 7) is 2.35. The number of anilines is 1. The van der Waals surface area contributed by atoms with Crippen LogP contribution < -0.4 is 5.32 Å². The first-order chi connectivity index (χ1) is 7.35. The molecule has 1 N–H and O–H groups in total. The standard InChI is InChI=1S/C11H11F2NO2/c1-7-5-3-4-6-9(7)14-10(16)11(12,13)8(2)15/h3-6H,1-2H3,(H,14,16). The molecule has 0 aliphatic rings. The third kappa shape index (κ3) is 2.42. The number of alkyl halides is 2. The highest BCUT2D eigenvalue weighted by atomic mass is 19.3. The van der Waals surface area contributed by atoms with E-state index in [0.717, 1.165) is 0 Å². The second kappa shape index (κ2) is 4.38. The largest absolute Gasteiger partial charge is 0.381 e. The van der Waals surface area contributed by atoms with Gasteiger partial charge < -0.3 is 5.32 Å². The summed E-state index contributed by atoms with van der Waals surface area (Å²) in [6.07, 6.45) is 0. The molecule has 0 bridgehead atoms. The molecule has 0 spiro atoms. The molecule has 0 fully saturated rings. The van der Waals surface area contributed by atoms with Crippen molar-refractivity contribution in [2.75, 3.05) is 5.32 Å². The summed E-state index contributed by atoms with van der Waals surface area (Å²) >= 11 is 0. The maximum absolute atomic E-state index is 13.0. The third-order valence-electron chi connectivity index (χ3n) is 2.12. The molecule has 1 aromatic rings. The molecular weight excluding hydrogens is 216 g/mol. The number of hydrogen-bond donors (Lipinski definition) is 1. The second-order valence-electron chi connectivity index (χ2n) is 3.40. The van der Waals surface area contributed by atoms with Gasteiger partial charge in [0.2, 0.25) is 5.78 Å². The van der Waals surface area contributed by atoms with Crippen LogP contribution >= 0.6 is 0 Å². The van der Waals surface area contributed by atoms with E-state index in [1.54, 1.807) is 25.1 Å². The molecule has 1 aromatic carbocycles. The molecule has 0 unspecified atom stereocenters. The Bertz CT molecular complexity index is 430. The van der Waals surface area contributed by atoms with Crippen molar-refractivity contribution in [3.05, 3.63) is 29.8 Å². The number of Topliss-reactive ketones (excluding diaryl/α,β-unsaturated/α-hetero) is 1. The van der Waals surface area contributed by atoms with Gasteiger partial charge in [0.25, 0.3) is 0 Å². The fraction of sp³-hybridized carbons (Fsp3) is 0.273. The fourth-order valence-electron chi connectivity index (χ4n) is 1.07. The monoisotopic (exact) mass is 227 g/mol. The number of hydrogen-bond acceptors (Lipinski definition) is 2. The first-order valence-corrected chi connectivity index (χ1v) is 4.61. The Balaban J connectivity index is 2.88. The smallest absolute Gasteiger partial charge is 0.320 e. The molecule has 0 atom stereocenters. The Morgan fingerprint density at radius 3 is 2.31 bits per heavy atom. The van der Waals surface area contributed by atoms with E-state index in [9.17, 15) is 18.4 Å². The fourth-order valence-corrected chi connectivity index (χ4v) is 1.07. The van der Waals surface area contributed by atoms with E-state index in [-0.39, 0.29) is 5.69 Å². The zero-order chi connectivity index (χ0) is 12.3. The summed E-state index contributed by atoms with van der Waals surface area (Å²) in [5, 5.41) is 2.02. The van der Waals surface area contributed by atoms with Crippen LogP contribution in [0, 0.1) is 6.92 Å².